The van der Waals surface area contributed by atoms with Gasteiger partial charge in [0, 0.05) is 25.5 Å². The van der Waals surface area contributed by atoms with Crippen LogP contribution in [0.3, 0.4) is 0 Å². The minimum atomic E-state index is 0.0462. The number of anilines is 1. The fourth-order valence-corrected chi connectivity index (χ4v) is 2.52. The van der Waals surface area contributed by atoms with E-state index in [2.05, 4.69) is 4.98 Å². The molecule has 1 heterocycles. The first kappa shape index (κ1) is 13.1. The lowest BCUT2D eigenvalue weighted by Gasteiger charge is -2.16. The maximum absolute atomic E-state index is 11.2. The summed E-state index contributed by atoms with van der Waals surface area (Å²) in [5.41, 5.74) is 1.04. The van der Waals surface area contributed by atoms with Gasteiger partial charge < -0.3 is 4.90 Å². The standard InChI is InChI=1S/C13H13ClN2OS/c1-9(17)12-7-15-13(18-12)16(2)8-10-5-3-4-6-11(10)14/h3-7H,8H2,1-2H3. The van der Waals surface area contributed by atoms with E-state index >= 15 is 0 Å². The summed E-state index contributed by atoms with van der Waals surface area (Å²) in [5.74, 6) is 0.0462. The Morgan fingerprint density at radius 1 is 1.44 bits per heavy atom. The quantitative estimate of drug-likeness (QED) is 0.802. The van der Waals surface area contributed by atoms with Gasteiger partial charge in [0.05, 0.1) is 11.1 Å². The summed E-state index contributed by atoms with van der Waals surface area (Å²) in [6, 6.07) is 7.72. The number of hydrogen-bond acceptors (Lipinski definition) is 4. The number of halogens is 1. The molecular weight excluding hydrogens is 268 g/mol. The Labute approximate surface area is 115 Å². The lowest BCUT2D eigenvalue weighted by Crippen LogP contribution is -2.16. The van der Waals surface area contributed by atoms with Crippen molar-refractivity contribution in [1.82, 2.24) is 4.98 Å². The molecule has 0 atom stereocenters. The molecular formula is C13H13ClN2OS. The molecule has 5 heteroatoms. The third-order valence-electron chi connectivity index (χ3n) is 2.53. The van der Waals surface area contributed by atoms with Crippen LogP contribution in [-0.4, -0.2) is 17.8 Å². The Bertz CT molecular complexity index is 568. The van der Waals surface area contributed by atoms with E-state index in [0.717, 1.165) is 15.7 Å². The summed E-state index contributed by atoms with van der Waals surface area (Å²) < 4.78 is 0. The van der Waals surface area contributed by atoms with Gasteiger partial charge in [0.2, 0.25) is 0 Å². The van der Waals surface area contributed by atoms with Crippen molar-refractivity contribution >= 4 is 33.9 Å². The predicted octanol–water partition coefficient (Wildman–Crippen LogP) is 3.64. The molecule has 94 valence electrons. The highest BCUT2D eigenvalue weighted by molar-refractivity contribution is 7.17. The number of carbonyl (C=O) groups excluding carboxylic acids is 1. The molecule has 18 heavy (non-hydrogen) atoms. The molecule has 1 aromatic carbocycles. The van der Waals surface area contributed by atoms with Gasteiger partial charge in [-0.1, -0.05) is 41.1 Å². The summed E-state index contributed by atoms with van der Waals surface area (Å²) in [6.07, 6.45) is 1.62. The third-order valence-corrected chi connectivity index (χ3v) is 4.11. The summed E-state index contributed by atoms with van der Waals surface area (Å²) in [4.78, 5) is 18.1. The van der Waals surface area contributed by atoms with E-state index in [1.54, 1.807) is 13.1 Å². The van der Waals surface area contributed by atoms with Crippen LogP contribution in [0.2, 0.25) is 5.02 Å². The fourth-order valence-electron chi connectivity index (χ4n) is 1.55. The van der Waals surface area contributed by atoms with Crippen molar-refractivity contribution in [2.45, 2.75) is 13.5 Å². The van der Waals surface area contributed by atoms with E-state index in [1.807, 2.05) is 36.2 Å². The van der Waals surface area contributed by atoms with Crippen molar-refractivity contribution in [1.29, 1.82) is 0 Å². The monoisotopic (exact) mass is 280 g/mol. The van der Waals surface area contributed by atoms with E-state index in [-0.39, 0.29) is 5.78 Å². The number of benzene rings is 1. The summed E-state index contributed by atoms with van der Waals surface area (Å²) in [6.45, 7) is 2.22. The zero-order chi connectivity index (χ0) is 13.1. The first-order valence-corrected chi connectivity index (χ1v) is 6.68. The number of aromatic nitrogens is 1. The molecule has 1 aromatic heterocycles. The largest absolute Gasteiger partial charge is 0.347 e. The van der Waals surface area contributed by atoms with Gasteiger partial charge in [0.1, 0.15) is 0 Å². The minimum Gasteiger partial charge on any atom is -0.347 e. The predicted molar refractivity (Wildman–Crippen MR) is 75.7 cm³/mol. The van der Waals surface area contributed by atoms with Crippen LogP contribution in [0.4, 0.5) is 5.13 Å². The normalized spacial score (nSPS) is 10.4. The van der Waals surface area contributed by atoms with Gasteiger partial charge in [-0.05, 0) is 11.6 Å². The van der Waals surface area contributed by atoms with E-state index in [1.165, 1.54) is 11.3 Å². The van der Waals surface area contributed by atoms with E-state index in [0.29, 0.717) is 11.4 Å². The lowest BCUT2D eigenvalue weighted by molar-refractivity contribution is 0.102. The number of ketones is 1. The molecule has 3 nitrogen and oxygen atoms in total. The number of thiazole rings is 1. The van der Waals surface area contributed by atoms with Gasteiger partial charge in [-0.25, -0.2) is 4.98 Å². The van der Waals surface area contributed by atoms with Gasteiger partial charge in [0.25, 0.3) is 0 Å². The van der Waals surface area contributed by atoms with Crippen LogP contribution in [-0.2, 0) is 6.54 Å². The second kappa shape index (κ2) is 5.50. The van der Waals surface area contributed by atoms with Crippen molar-refractivity contribution in [2.24, 2.45) is 0 Å². The van der Waals surface area contributed by atoms with Gasteiger partial charge in [-0.15, -0.1) is 0 Å². The molecule has 0 aliphatic heterocycles. The highest BCUT2D eigenvalue weighted by atomic mass is 35.5. The summed E-state index contributed by atoms with van der Waals surface area (Å²) in [7, 11) is 1.94. The maximum atomic E-state index is 11.2. The van der Waals surface area contributed by atoms with E-state index in [4.69, 9.17) is 11.6 Å². The number of hydrogen-bond donors (Lipinski definition) is 0. The molecule has 0 N–H and O–H groups in total. The van der Waals surface area contributed by atoms with Crippen LogP contribution < -0.4 is 4.90 Å². The SMILES string of the molecule is CC(=O)c1cnc(N(C)Cc2ccccc2Cl)s1. The Hall–Kier alpha value is -1.39. The molecule has 0 saturated heterocycles. The Morgan fingerprint density at radius 2 is 2.17 bits per heavy atom. The van der Waals surface area contributed by atoms with Crippen LogP contribution in [0.25, 0.3) is 0 Å². The molecule has 0 saturated carbocycles. The number of carbonyl (C=O) groups is 1. The molecule has 0 radical (unpaired) electrons. The highest BCUT2D eigenvalue weighted by Crippen LogP contribution is 2.25. The lowest BCUT2D eigenvalue weighted by atomic mass is 10.2. The zero-order valence-corrected chi connectivity index (χ0v) is 11.8. The van der Waals surface area contributed by atoms with Gasteiger partial charge in [-0.3, -0.25) is 4.79 Å². The molecule has 2 aromatic rings. The smallest absolute Gasteiger partial charge is 0.185 e. The van der Waals surface area contributed by atoms with E-state index in [9.17, 15) is 4.79 Å². The van der Waals surface area contributed by atoms with Gasteiger partial charge >= 0.3 is 0 Å². The van der Waals surface area contributed by atoms with Crippen molar-refractivity contribution in [2.75, 3.05) is 11.9 Å². The number of rotatable bonds is 4. The second-order valence-electron chi connectivity index (χ2n) is 4.01. The molecule has 0 unspecified atom stereocenters. The average molecular weight is 281 g/mol. The molecule has 0 aliphatic rings. The van der Waals surface area contributed by atoms with Gasteiger partial charge in [0.15, 0.2) is 10.9 Å². The minimum absolute atomic E-state index is 0.0462. The van der Waals surface area contributed by atoms with Crippen LogP contribution in [0, 0.1) is 0 Å². The topological polar surface area (TPSA) is 33.2 Å². The maximum Gasteiger partial charge on any atom is 0.185 e. The Kier molecular flexibility index (Phi) is 3.99. The molecule has 0 spiro atoms. The molecule has 0 amide bonds. The van der Waals surface area contributed by atoms with Crippen LogP contribution in [0.5, 0.6) is 0 Å². The number of Topliss-reactive ketones (excluding diaryl/α,β-unsaturated/α-hetero) is 1. The van der Waals surface area contributed by atoms with Crippen molar-refractivity contribution in [3.05, 3.63) is 45.9 Å². The first-order chi connectivity index (χ1) is 8.58. The van der Waals surface area contributed by atoms with Crippen LogP contribution >= 0.6 is 22.9 Å². The Balaban J connectivity index is 2.14. The Morgan fingerprint density at radius 3 is 2.78 bits per heavy atom. The molecule has 0 fully saturated rings. The van der Waals surface area contributed by atoms with Crippen LogP contribution in [0.15, 0.2) is 30.5 Å². The molecule has 2 rings (SSSR count). The van der Waals surface area contributed by atoms with Crippen molar-refractivity contribution in [3.8, 4) is 0 Å². The number of nitrogens with zero attached hydrogens (tertiary/aromatic N) is 2. The van der Waals surface area contributed by atoms with Crippen molar-refractivity contribution in [3.63, 3.8) is 0 Å². The molecule has 0 bridgehead atoms. The highest BCUT2D eigenvalue weighted by Gasteiger charge is 2.11. The summed E-state index contributed by atoms with van der Waals surface area (Å²) >= 11 is 7.51. The van der Waals surface area contributed by atoms with Crippen molar-refractivity contribution < 1.29 is 4.79 Å². The van der Waals surface area contributed by atoms with Gasteiger partial charge in [-0.2, -0.15) is 0 Å². The average Bonchev–Trinajstić information content (AvgIpc) is 2.81. The fraction of sp³-hybridized carbons (Fsp3) is 0.231. The first-order valence-electron chi connectivity index (χ1n) is 5.49. The second-order valence-corrected chi connectivity index (χ2v) is 5.43. The van der Waals surface area contributed by atoms with Crippen LogP contribution in [0.1, 0.15) is 22.2 Å². The van der Waals surface area contributed by atoms with E-state index < -0.39 is 0 Å². The third kappa shape index (κ3) is 2.89. The zero-order valence-electron chi connectivity index (χ0n) is 10.2. The molecule has 0 aliphatic carbocycles. The summed E-state index contributed by atoms with van der Waals surface area (Å²) in [5, 5.41) is 1.56.